The first-order valence-electron chi connectivity index (χ1n) is 7.30. The van der Waals surface area contributed by atoms with Crippen LogP contribution >= 0.6 is 0 Å². The van der Waals surface area contributed by atoms with Gasteiger partial charge < -0.3 is 9.74 Å². The number of urea groups is 1. The van der Waals surface area contributed by atoms with E-state index < -0.39 is 34.6 Å². The molecule has 2 aliphatic rings. The minimum Gasteiger partial charge on any atom is -0.321 e. The highest BCUT2D eigenvalue weighted by Gasteiger charge is 2.53. The molecule has 27 heavy (non-hydrogen) atoms. The topological polar surface area (TPSA) is 188 Å². The van der Waals surface area contributed by atoms with Crippen molar-refractivity contribution in [1.82, 2.24) is 30.7 Å². The van der Waals surface area contributed by atoms with Crippen LogP contribution in [0.3, 0.4) is 0 Å². The molecule has 2 atom stereocenters. The number of aliphatic imine (C=N–C) groups is 1. The van der Waals surface area contributed by atoms with Crippen molar-refractivity contribution in [3.05, 3.63) is 17.5 Å². The molecule has 0 saturated carbocycles. The van der Waals surface area contributed by atoms with Crippen LogP contribution in [0.15, 0.2) is 11.2 Å². The highest BCUT2D eigenvalue weighted by Crippen LogP contribution is 2.44. The lowest BCUT2D eigenvalue weighted by Gasteiger charge is -2.31. The van der Waals surface area contributed by atoms with Gasteiger partial charge >= 0.3 is 22.5 Å². The quantitative estimate of drug-likeness (QED) is 0.154. The predicted molar refractivity (Wildman–Crippen MR) is 83.2 cm³/mol. The second-order valence-corrected chi connectivity index (χ2v) is 6.51. The van der Waals surface area contributed by atoms with Gasteiger partial charge in [0.15, 0.2) is 5.84 Å². The van der Waals surface area contributed by atoms with Crippen LogP contribution in [0.4, 0.5) is 9.59 Å². The smallest absolute Gasteiger partial charge is 0.321 e. The number of fused-ring (bicyclic) bond motifs is 4. The molecule has 3 heterocycles. The Bertz CT molecular complexity index is 912. The van der Waals surface area contributed by atoms with Gasteiger partial charge in [0, 0.05) is 19.7 Å². The summed E-state index contributed by atoms with van der Waals surface area (Å²) >= 11 is 0. The van der Waals surface area contributed by atoms with Gasteiger partial charge in [0.1, 0.15) is 12.1 Å². The molecule has 0 aliphatic carbocycles. The Hall–Kier alpha value is -2.95. The zero-order valence-electron chi connectivity index (χ0n) is 13.9. The van der Waals surface area contributed by atoms with Gasteiger partial charge in [-0.1, -0.05) is 0 Å². The molecule has 1 aromatic heterocycles. The molecule has 1 saturated heterocycles. The van der Waals surface area contributed by atoms with Crippen molar-refractivity contribution in [1.29, 1.82) is 0 Å². The lowest BCUT2D eigenvalue weighted by Crippen LogP contribution is -2.45. The fraction of sp³-hybridized carbons (Fsp3) is 0.455. The van der Waals surface area contributed by atoms with Crippen LogP contribution in [-0.2, 0) is 26.6 Å². The zero-order valence-corrected chi connectivity index (χ0v) is 14.7. The molecule has 1 aromatic rings. The maximum atomic E-state index is 12.6. The Labute approximate surface area is 152 Å². The average molecular weight is 405 g/mol. The Morgan fingerprint density at radius 1 is 1.48 bits per heavy atom. The molecule has 0 spiro atoms. The van der Waals surface area contributed by atoms with Crippen molar-refractivity contribution in [2.45, 2.75) is 12.1 Å². The first kappa shape index (κ1) is 18.8. The molecule has 1 fully saturated rings. The number of carbonyl (C=O) groups excluding carboxylic acids is 2. The molecule has 3 rings (SSSR count). The molecule has 0 unspecified atom stereocenters. The van der Waals surface area contributed by atoms with E-state index in [0.29, 0.717) is 16.3 Å². The number of carbonyl (C=O) groups is 2. The molecule has 2 aliphatic heterocycles. The predicted octanol–water partition coefficient (Wildman–Crippen LogP) is -1.36. The molecule has 3 amide bonds. The molecule has 2 bridgehead atoms. The van der Waals surface area contributed by atoms with Crippen molar-refractivity contribution in [2.24, 2.45) is 12.0 Å². The number of amides is 3. The van der Waals surface area contributed by atoms with Crippen molar-refractivity contribution in [3.63, 3.8) is 0 Å². The highest BCUT2D eigenvalue weighted by atomic mass is 32.3. The Morgan fingerprint density at radius 3 is 2.78 bits per heavy atom. The van der Waals surface area contributed by atoms with Gasteiger partial charge in [-0.05, 0) is 0 Å². The molecular formula is C11H15N7O8S. The van der Waals surface area contributed by atoms with E-state index in [1.807, 2.05) is 0 Å². The fourth-order valence-electron chi connectivity index (χ4n) is 3.05. The number of amidine groups is 1. The zero-order chi connectivity index (χ0) is 19.9. The number of aromatic nitrogens is 2. The summed E-state index contributed by atoms with van der Waals surface area (Å²) in [6, 6.07) is -2.66. The first-order chi connectivity index (χ1) is 12.7. The van der Waals surface area contributed by atoms with Crippen LogP contribution in [0, 0.1) is 0 Å². The summed E-state index contributed by atoms with van der Waals surface area (Å²) in [7, 11) is -2.00. The standard InChI is InChI=1S/C11H15N7O8S/c1-12-9(15-25-10(19)14-21)8-7-5(3-13-16(7)2)6-4-17(8)11(20)18(6)26-27(22,23)24/h3,6,8,21H,4H2,1-2H3,(H,12,15)(H,14,19)(H,22,23,24)/t6-,8-/m0/s1. The van der Waals surface area contributed by atoms with Crippen molar-refractivity contribution < 1.29 is 36.9 Å². The third kappa shape index (κ3) is 3.25. The largest absolute Gasteiger partial charge is 0.455 e. The van der Waals surface area contributed by atoms with E-state index in [1.165, 1.54) is 28.3 Å². The van der Waals surface area contributed by atoms with Gasteiger partial charge in [0.05, 0.1) is 18.4 Å². The number of nitrogens with zero attached hydrogens (tertiary/aromatic N) is 5. The van der Waals surface area contributed by atoms with Crippen LogP contribution in [-0.4, -0.2) is 69.5 Å². The molecular weight excluding hydrogens is 390 g/mol. The monoisotopic (exact) mass is 405 g/mol. The normalized spacial score (nSPS) is 21.9. The average Bonchev–Trinajstić information content (AvgIpc) is 3.11. The van der Waals surface area contributed by atoms with Crippen molar-refractivity contribution in [3.8, 4) is 0 Å². The number of rotatable bonds is 3. The van der Waals surface area contributed by atoms with E-state index >= 15 is 0 Å². The highest BCUT2D eigenvalue weighted by molar-refractivity contribution is 7.80. The SMILES string of the molecule is CN=C(NOC(=O)NO)[C@@H]1c2c(cnn2C)[C@@H]2CN1C(=O)N2OS(=O)(=O)O. The summed E-state index contributed by atoms with van der Waals surface area (Å²) in [6.07, 6.45) is 0.192. The van der Waals surface area contributed by atoms with Crippen LogP contribution < -0.4 is 11.0 Å². The summed E-state index contributed by atoms with van der Waals surface area (Å²) in [6.45, 7) is -0.00932. The second-order valence-electron chi connectivity index (χ2n) is 5.50. The van der Waals surface area contributed by atoms with Crippen LogP contribution in [0.2, 0.25) is 0 Å². The van der Waals surface area contributed by atoms with E-state index in [4.69, 9.17) is 9.76 Å². The second kappa shape index (κ2) is 6.65. The first-order valence-corrected chi connectivity index (χ1v) is 8.66. The third-order valence-corrected chi connectivity index (χ3v) is 4.39. The number of hydrogen-bond donors (Lipinski definition) is 4. The van der Waals surface area contributed by atoms with Crippen LogP contribution in [0.5, 0.6) is 0 Å². The van der Waals surface area contributed by atoms with Gasteiger partial charge in [-0.25, -0.2) is 20.5 Å². The summed E-state index contributed by atoms with van der Waals surface area (Å²) < 4.78 is 37.0. The lowest BCUT2D eigenvalue weighted by atomic mass is 9.97. The van der Waals surface area contributed by atoms with Gasteiger partial charge in [-0.3, -0.25) is 19.4 Å². The van der Waals surface area contributed by atoms with E-state index in [-0.39, 0.29) is 12.4 Å². The number of hydroxylamine groups is 4. The minimum atomic E-state index is -4.94. The van der Waals surface area contributed by atoms with Crippen LogP contribution in [0.25, 0.3) is 0 Å². The Morgan fingerprint density at radius 2 is 2.19 bits per heavy atom. The van der Waals surface area contributed by atoms with Gasteiger partial charge in [0.25, 0.3) is 0 Å². The Kier molecular flexibility index (Phi) is 4.64. The van der Waals surface area contributed by atoms with E-state index in [1.54, 1.807) is 7.05 Å². The number of nitrogens with one attached hydrogen (secondary N) is 2. The van der Waals surface area contributed by atoms with Gasteiger partial charge in [0.2, 0.25) is 0 Å². The molecule has 16 heteroatoms. The molecule has 4 N–H and O–H groups in total. The van der Waals surface area contributed by atoms with E-state index in [0.717, 1.165) is 0 Å². The molecule has 0 radical (unpaired) electrons. The van der Waals surface area contributed by atoms with E-state index in [2.05, 4.69) is 24.7 Å². The summed E-state index contributed by atoms with van der Waals surface area (Å²) in [5.41, 5.74) is 4.37. The maximum absolute atomic E-state index is 12.6. The van der Waals surface area contributed by atoms with Crippen molar-refractivity contribution in [2.75, 3.05) is 13.6 Å². The summed E-state index contributed by atoms with van der Waals surface area (Å²) in [4.78, 5) is 33.4. The van der Waals surface area contributed by atoms with Gasteiger partial charge in [-0.15, -0.1) is 4.28 Å². The summed E-state index contributed by atoms with van der Waals surface area (Å²) in [5.74, 6) is -0.0102. The Balaban J connectivity index is 2.01. The molecule has 148 valence electrons. The maximum Gasteiger partial charge on any atom is 0.455 e. The third-order valence-electron chi connectivity index (χ3n) is 4.05. The van der Waals surface area contributed by atoms with Crippen molar-refractivity contribution >= 4 is 28.4 Å². The van der Waals surface area contributed by atoms with E-state index in [9.17, 15) is 18.0 Å². The lowest BCUT2D eigenvalue weighted by molar-refractivity contribution is -0.0316. The molecule has 0 aromatic carbocycles. The minimum absolute atomic E-state index is 0.00932. The number of aryl methyl sites for hydroxylation is 1. The van der Waals surface area contributed by atoms with Gasteiger partial charge in [-0.2, -0.15) is 18.6 Å². The fourth-order valence-corrected chi connectivity index (χ4v) is 3.42. The van der Waals surface area contributed by atoms with Crippen LogP contribution in [0.1, 0.15) is 23.3 Å². The summed E-state index contributed by atoms with van der Waals surface area (Å²) in [5, 5.41) is 13.1. The molecule has 15 nitrogen and oxygen atoms in total. The number of hydrogen-bond acceptors (Lipinski definition) is 9.